The first-order valence-corrected chi connectivity index (χ1v) is 11.2. The Morgan fingerprint density at radius 3 is 2.89 bits per heavy atom. The van der Waals surface area contributed by atoms with Crippen molar-refractivity contribution in [1.82, 2.24) is 19.7 Å². The molecule has 0 spiro atoms. The Morgan fingerprint density at radius 2 is 2.11 bits per heavy atom. The molecule has 0 bridgehead atoms. The quantitative estimate of drug-likeness (QED) is 0.280. The van der Waals surface area contributed by atoms with E-state index in [2.05, 4.69) is 69.4 Å². The second-order valence-electron chi connectivity index (χ2n) is 5.98. The van der Waals surface area contributed by atoms with Crippen LogP contribution < -0.4 is 0 Å². The Balaban J connectivity index is 1.52. The number of benzene rings is 1. The highest BCUT2D eigenvalue weighted by molar-refractivity contribution is 7.98. The van der Waals surface area contributed by atoms with Gasteiger partial charge in [-0.3, -0.25) is 4.57 Å². The SMILES string of the molecule is C=CCn1c(SCc2csc(-c3cccc(C)c3)n2)nnc1-c1cccs1. The zero-order valence-electron chi connectivity index (χ0n) is 14.8. The van der Waals surface area contributed by atoms with E-state index in [1.54, 1.807) is 34.4 Å². The lowest BCUT2D eigenvalue weighted by atomic mass is 10.1. The minimum absolute atomic E-state index is 0.689. The zero-order valence-corrected chi connectivity index (χ0v) is 17.3. The van der Waals surface area contributed by atoms with Crippen molar-refractivity contribution in [2.75, 3.05) is 0 Å². The largest absolute Gasteiger partial charge is 0.297 e. The maximum atomic E-state index is 4.79. The Kier molecular flexibility index (Phi) is 5.52. The Bertz CT molecular complexity index is 1050. The summed E-state index contributed by atoms with van der Waals surface area (Å²) in [4.78, 5) is 5.91. The molecule has 0 aliphatic heterocycles. The summed E-state index contributed by atoms with van der Waals surface area (Å²) in [5.41, 5.74) is 3.48. The summed E-state index contributed by atoms with van der Waals surface area (Å²) in [6, 6.07) is 12.6. The second-order valence-corrected chi connectivity index (χ2v) is 8.73. The van der Waals surface area contributed by atoms with Crippen molar-refractivity contribution in [3.8, 4) is 21.3 Å². The van der Waals surface area contributed by atoms with Crippen molar-refractivity contribution >= 4 is 34.4 Å². The van der Waals surface area contributed by atoms with Crippen molar-refractivity contribution in [1.29, 1.82) is 0 Å². The fourth-order valence-corrected chi connectivity index (χ4v) is 5.18. The standard InChI is InChI=1S/C20H18N4S3/c1-3-9-24-18(17-8-5-10-25-17)22-23-20(24)27-13-16-12-26-19(21-16)15-7-4-6-14(2)11-15/h3-8,10-12H,1,9,13H2,2H3. The highest BCUT2D eigenvalue weighted by Gasteiger charge is 2.15. The smallest absolute Gasteiger partial charge is 0.192 e. The van der Waals surface area contributed by atoms with Crippen LogP contribution in [0.3, 0.4) is 0 Å². The molecule has 3 heterocycles. The molecular weight excluding hydrogens is 392 g/mol. The molecular formula is C20H18N4S3. The number of rotatable bonds is 7. The molecule has 4 aromatic rings. The molecule has 0 saturated heterocycles. The summed E-state index contributed by atoms with van der Waals surface area (Å²) in [5, 5.41) is 14.9. The average Bonchev–Trinajstić information content (AvgIpc) is 3.41. The lowest BCUT2D eigenvalue weighted by Crippen LogP contribution is -2.00. The minimum Gasteiger partial charge on any atom is -0.297 e. The first kappa shape index (κ1) is 18.2. The van der Waals surface area contributed by atoms with Gasteiger partial charge >= 0.3 is 0 Å². The molecule has 0 saturated carbocycles. The van der Waals surface area contributed by atoms with Crippen molar-refractivity contribution in [2.45, 2.75) is 24.4 Å². The summed E-state index contributed by atoms with van der Waals surface area (Å²) in [6.07, 6.45) is 1.88. The predicted molar refractivity (Wildman–Crippen MR) is 115 cm³/mol. The molecule has 0 radical (unpaired) electrons. The van der Waals surface area contributed by atoms with Gasteiger partial charge in [0.05, 0.1) is 10.6 Å². The van der Waals surface area contributed by atoms with Crippen molar-refractivity contribution < 1.29 is 0 Å². The van der Waals surface area contributed by atoms with E-state index < -0.39 is 0 Å². The van der Waals surface area contributed by atoms with E-state index in [-0.39, 0.29) is 0 Å². The van der Waals surface area contributed by atoms with Crippen LogP contribution in [0.15, 0.2) is 65.0 Å². The first-order valence-electron chi connectivity index (χ1n) is 8.47. The second kappa shape index (κ2) is 8.21. The molecule has 0 unspecified atom stereocenters. The van der Waals surface area contributed by atoms with Gasteiger partial charge < -0.3 is 0 Å². The van der Waals surface area contributed by atoms with Gasteiger partial charge in [-0.2, -0.15) is 0 Å². The van der Waals surface area contributed by atoms with E-state index in [0.717, 1.165) is 32.3 Å². The van der Waals surface area contributed by atoms with Crippen LogP contribution in [-0.2, 0) is 12.3 Å². The van der Waals surface area contributed by atoms with Gasteiger partial charge in [0.1, 0.15) is 5.01 Å². The maximum Gasteiger partial charge on any atom is 0.192 e. The molecule has 3 aromatic heterocycles. The lowest BCUT2D eigenvalue weighted by Gasteiger charge is -2.05. The van der Waals surface area contributed by atoms with Gasteiger partial charge in [-0.05, 0) is 24.4 Å². The predicted octanol–water partition coefficient (Wildman–Crippen LogP) is 5.92. The Labute approximate surface area is 170 Å². The molecule has 4 nitrogen and oxygen atoms in total. The van der Waals surface area contributed by atoms with Crippen LogP contribution in [0.25, 0.3) is 21.3 Å². The summed E-state index contributed by atoms with van der Waals surface area (Å²) in [6.45, 7) is 6.66. The monoisotopic (exact) mass is 410 g/mol. The normalized spacial score (nSPS) is 11.0. The Morgan fingerprint density at radius 1 is 1.19 bits per heavy atom. The van der Waals surface area contributed by atoms with Crippen molar-refractivity contribution in [2.24, 2.45) is 0 Å². The van der Waals surface area contributed by atoms with Crippen LogP contribution in [0.4, 0.5) is 0 Å². The van der Waals surface area contributed by atoms with Crippen LogP contribution in [0.5, 0.6) is 0 Å². The van der Waals surface area contributed by atoms with E-state index in [9.17, 15) is 0 Å². The van der Waals surface area contributed by atoms with Gasteiger partial charge in [0.2, 0.25) is 0 Å². The Hall–Kier alpha value is -2.22. The minimum atomic E-state index is 0.689. The maximum absolute atomic E-state index is 4.79. The van der Waals surface area contributed by atoms with Crippen LogP contribution in [0.2, 0.25) is 0 Å². The third kappa shape index (κ3) is 4.05. The molecule has 136 valence electrons. The van der Waals surface area contributed by atoms with Crippen molar-refractivity contribution in [3.63, 3.8) is 0 Å². The summed E-state index contributed by atoms with van der Waals surface area (Å²) < 4.78 is 2.11. The number of thioether (sulfide) groups is 1. The van der Waals surface area contributed by atoms with E-state index >= 15 is 0 Å². The summed E-state index contributed by atoms with van der Waals surface area (Å²) in [7, 11) is 0. The number of hydrogen-bond acceptors (Lipinski definition) is 6. The molecule has 4 rings (SSSR count). The molecule has 7 heteroatoms. The van der Waals surface area contributed by atoms with Crippen LogP contribution in [0.1, 0.15) is 11.3 Å². The van der Waals surface area contributed by atoms with Gasteiger partial charge in [0, 0.05) is 23.2 Å². The molecule has 0 N–H and O–H groups in total. The molecule has 0 amide bonds. The first-order chi connectivity index (χ1) is 13.2. The van der Waals surface area contributed by atoms with Crippen molar-refractivity contribution in [3.05, 3.63) is 71.1 Å². The molecule has 0 fully saturated rings. The number of allylic oxidation sites excluding steroid dienone is 1. The van der Waals surface area contributed by atoms with Gasteiger partial charge in [-0.1, -0.05) is 47.7 Å². The van der Waals surface area contributed by atoms with E-state index in [1.165, 1.54) is 11.1 Å². The number of thiophene rings is 1. The fourth-order valence-electron chi connectivity index (χ4n) is 2.70. The summed E-state index contributed by atoms with van der Waals surface area (Å²) >= 11 is 5.01. The third-order valence-electron chi connectivity index (χ3n) is 3.94. The van der Waals surface area contributed by atoms with E-state index in [0.29, 0.717) is 6.54 Å². The lowest BCUT2D eigenvalue weighted by molar-refractivity contribution is 0.732. The molecule has 0 aliphatic carbocycles. The number of aryl methyl sites for hydroxylation is 1. The molecule has 0 atom stereocenters. The third-order valence-corrected chi connectivity index (χ3v) is 6.74. The zero-order chi connectivity index (χ0) is 18.6. The van der Waals surface area contributed by atoms with Crippen LogP contribution in [-0.4, -0.2) is 19.7 Å². The number of nitrogens with zero attached hydrogens (tertiary/aromatic N) is 4. The summed E-state index contributed by atoms with van der Waals surface area (Å²) in [5.74, 6) is 1.66. The molecule has 27 heavy (non-hydrogen) atoms. The van der Waals surface area contributed by atoms with Gasteiger partial charge in [-0.25, -0.2) is 4.98 Å². The van der Waals surface area contributed by atoms with E-state index in [4.69, 9.17) is 4.98 Å². The number of hydrogen-bond donors (Lipinski definition) is 0. The van der Waals surface area contributed by atoms with Gasteiger partial charge in [-0.15, -0.1) is 39.4 Å². The van der Waals surface area contributed by atoms with E-state index in [1.807, 2.05) is 12.1 Å². The fraction of sp³-hybridized carbons (Fsp3) is 0.150. The highest BCUT2D eigenvalue weighted by Crippen LogP contribution is 2.30. The van der Waals surface area contributed by atoms with Crippen LogP contribution >= 0.6 is 34.4 Å². The molecule has 1 aromatic carbocycles. The number of thiazole rings is 1. The molecule has 0 aliphatic rings. The van der Waals surface area contributed by atoms with Gasteiger partial charge in [0.25, 0.3) is 0 Å². The van der Waals surface area contributed by atoms with Crippen LogP contribution in [0, 0.1) is 6.92 Å². The average molecular weight is 411 g/mol. The topological polar surface area (TPSA) is 43.6 Å². The number of aromatic nitrogens is 4. The van der Waals surface area contributed by atoms with Gasteiger partial charge in [0.15, 0.2) is 11.0 Å². The highest BCUT2D eigenvalue weighted by atomic mass is 32.2.